The van der Waals surface area contributed by atoms with E-state index in [4.69, 9.17) is 51.4 Å². The van der Waals surface area contributed by atoms with Crippen LogP contribution in [-0.2, 0) is 17.8 Å². The highest BCUT2D eigenvalue weighted by molar-refractivity contribution is 6.42. The number of amides is 1. The zero-order valence-corrected chi connectivity index (χ0v) is 20.0. The fraction of sp³-hybridized carbons (Fsp3) is 0.174. The van der Waals surface area contributed by atoms with Crippen LogP contribution in [0.2, 0.25) is 20.1 Å². The molecule has 2 aromatic heterocycles. The predicted octanol–water partition coefficient (Wildman–Crippen LogP) is 6.51. The maximum Gasteiger partial charge on any atom is 0.243 e. The lowest BCUT2D eigenvalue weighted by atomic mass is 10.1. The van der Waals surface area contributed by atoms with Gasteiger partial charge in [-0.2, -0.15) is 0 Å². The molecule has 1 amide bonds. The van der Waals surface area contributed by atoms with Crippen LogP contribution >= 0.6 is 46.4 Å². The van der Waals surface area contributed by atoms with E-state index in [1.54, 1.807) is 36.7 Å². The Morgan fingerprint density at radius 1 is 1.06 bits per heavy atom. The first-order valence-electron chi connectivity index (χ1n) is 9.80. The Bertz CT molecular complexity index is 1290. The molecule has 0 saturated carbocycles. The highest BCUT2D eigenvalue weighted by atomic mass is 35.5. The van der Waals surface area contributed by atoms with Crippen molar-refractivity contribution in [3.8, 4) is 0 Å². The summed E-state index contributed by atoms with van der Waals surface area (Å²) in [5.41, 5.74) is 3.11. The second-order valence-corrected chi connectivity index (χ2v) is 8.98. The first-order chi connectivity index (χ1) is 15.3. The molecule has 0 spiro atoms. The Morgan fingerprint density at radius 3 is 2.56 bits per heavy atom. The van der Waals surface area contributed by atoms with E-state index in [1.165, 1.54) is 0 Å². The minimum atomic E-state index is -0.560. The van der Waals surface area contributed by atoms with Gasteiger partial charge in [0.25, 0.3) is 0 Å². The van der Waals surface area contributed by atoms with Crippen LogP contribution in [0, 0.1) is 0 Å². The third-order valence-corrected chi connectivity index (χ3v) is 6.43. The summed E-state index contributed by atoms with van der Waals surface area (Å²) in [6, 6.07) is 11.9. The van der Waals surface area contributed by atoms with E-state index >= 15 is 0 Å². The molecular weight excluding hydrogens is 490 g/mol. The average Bonchev–Trinajstić information content (AvgIpc) is 3.11. The van der Waals surface area contributed by atoms with Crippen molar-refractivity contribution in [2.45, 2.75) is 25.9 Å². The van der Waals surface area contributed by atoms with Gasteiger partial charge in [-0.05, 0) is 48.4 Å². The standard InChI is InChI=1S/C23H18Cl4N4O/c1-13(23(32)29-12-14-3-2-6-28-11-14)31-21-10-19(27)18(26)9-20(21)30-22(31)7-15-4-5-16(24)8-17(15)25/h2-6,8-11,13H,7,12H2,1H3,(H,29,32). The molecular formula is C23H18Cl4N4O. The molecule has 1 atom stereocenters. The van der Waals surface area contributed by atoms with Gasteiger partial charge in [0.05, 0.1) is 21.1 Å². The summed E-state index contributed by atoms with van der Waals surface area (Å²) >= 11 is 24.9. The summed E-state index contributed by atoms with van der Waals surface area (Å²) in [5.74, 6) is 0.495. The van der Waals surface area contributed by atoms with Gasteiger partial charge in [0.2, 0.25) is 5.91 Å². The molecule has 0 saturated heterocycles. The van der Waals surface area contributed by atoms with E-state index in [9.17, 15) is 4.79 Å². The minimum Gasteiger partial charge on any atom is -0.350 e. The second-order valence-electron chi connectivity index (χ2n) is 7.32. The SMILES string of the molecule is CC(C(=O)NCc1cccnc1)n1c(Cc2ccc(Cl)cc2Cl)nc2cc(Cl)c(Cl)cc21. The van der Waals surface area contributed by atoms with Crippen LogP contribution in [0.3, 0.4) is 0 Å². The Balaban J connectivity index is 1.71. The molecule has 9 heteroatoms. The van der Waals surface area contributed by atoms with Crippen molar-refractivity contribution in [3.63, 3.8) is 0 Å². The molecule has 0 radical (unpaired) electrons. The first-order valence-corrected chi connectivity index (χ1v) is 11.3. The summed E-state index contributed by atoms with van der Waals surface area (Å²) in [4.78, 5) is 21.9. The summed E-state index contributed by atoms with van der Waals surface area (Å²) in [6.07, 6.45) is 3.81. The molecule has 1 N–H and O–H groups in total. The summed E-state index contributed by atoms with van der Waals surface area (Å²) in [7, 11) is 0. The van der Waals surface area contributed by atoms with Gasteiger partial charge in [0, 0.05) is 35.4 Å². The number of hydrogen-bond donors (Lipinski definition) is 1. The van der Waals surface area contributed by atoms with Crippen LogP contribution in [0.25, 0.3) is 11.0 Å². The lowest BCUT2D eigenvalue weighted by Crippen LogP contribution is -2.31. The number of rotatable bonds is 6. The molecule has 164 valence electrons. The Labute approximate surface area is 205 Å². The van der Waals surface area contributed by atoms with E-state index in [0.717, 1.165) is 11.1 Å². The van der Waals surface area contributed by atoms with Crippen LogP contribution in [0.15, 0.2) is 54.9 Å². The molecule has 4 aromatic rings. The number of nitrogens with zero attached hydrogens (tertiary/aromatic N) is 3. The van der Waals surface area contributed by atoms with Crippen molar-refractivity contribution in [1.82, 2.24) is 19.9 Å². The molecule has 4 rings (SSSR count). The highest BCUT2D eigenvalue weighted by Crippen LogP contribution is 2.32. The van der Waals surface area contributed by atoms with Gasteiger partial charge in [0.1, 0.15) is 11.9 Å². The zero-order chi connectivity index (χ0) is 22.8. The van der Waals surface area contributed by atoms with Crippen molar-refractivity contribution < 1.29 is 4.79 Å². The molecule has 2 heterocycles. The van der Waals surface area contributed by atoms with Crippen molar-refractivity contribution >= 4 is 63.3 Å². The van der Waals surface area contributed by atoms with Gasteiger partial charge in [-0.25, -0.2) is 4.98 Å². The van der Waals surface area contributed by atoms with Gasteiger partial charge in [-0.15, -0.1) is 0 Å². The first kappa shape index (κ1) is 22.9. The molecule has 5 nitrogen and oxygen atoms in total. The minimum absolute atomic E-state index is 0.164. The number of hydrogen-bond acceptors (Lipinski definition) is 3. The second kappa shape index (κ2) is 9.67. The van der Waals surface area contributed by atoms with Crippen molar-refractivity contribution in [3.05, 3.63) is 91.9 Å². The van der Waals surface area contributed by atoms with Crippen LogP contribution in [0.1, 0.15) is 29.9 Å². The molecule has 0 fully saturated rings. The molecule has 0 aliphatic rings. The van der Waals surface area contributed by atoms with Crippen LogP contribution < -0.4 is 5.32 Å². The third kappa shape index (κ3) is 4.86. The Kier molecular flexibility index (Phi) is 6.91. The fourth-order valence-electron chi connectivity index (χ4n) is 3.49. The maximum absolute atomic E-state index is 13.0. The summed E-state index contributed by atoms with van der Waals surface area (Å²) in [6.45, 7) is 2.18. The maximum atomic E-state index is 13.0. The van der Waals surface area contributed by atoms with Gasteiger partial charge in [-0.1, -0.05) is 58.5 Å². The molecule has 1 unspecified atom stereocenters. The Morgan fingerprint density at radius 2 is 1.84 bits per heavy atom. The molecule has 0 aliphatic heterocycles. The smallest absolute Gasteiger partial charge is 0.243 e. The van der Waals surface area contributed by atoms with Crippen molar-refractivity contribution in [2.24, 2.45) is 0 Å². The zero-order valence-electron chi connectivity index (χ0n) is 16.9. The normalized spacial score (nSPS) is 12.2. The third-order valence-electron chi connectivity index (χ3n) is 5.12. The van der Waals surface area contributed by atoms with Crippen molar-refractivity contribution in [1.29, 1.82) is 0 Å². The number of halogens is 4. The Hall–Kier alpha value is -2.31. The lowest BCUT2D eigenvalue weighted by Gasteiger charge is -2.18. The number of pyridine rings is 1. The average molecular weight is 508 g/mol. The van der Waals surface area contributed by atoms with Crippen molar-refractivity contribution in [2.75, 3.05) is 0 Å². The number of benzene rings is 2. The monoisotopic (exact) mass is 506 g/mol. The van der Waals surface area contributed by atoms with Gasteiger partial charge < -0.3 is 9.88 Å². The summed E-state index contributed by atoms with van der Waals surface area (Å²) in [5, 5.41) is 4.82. The number of carbonyl (C=O) groups excluding carboxylic acids is 1. The van der Waals surface area contributed by atoms with E-state index < -0.39 is 6.04 Å². The van der Waals surface area contributed by atoms with Crippen LogP contribution in [0.5, 0.6) is 0 Å². The summed E-state index contributed by atoms with van der Waals surface area (Å²) < 4.78 is 1.86. The largest absolute Gasteiger partial charge is 0.350 e. The quantitative estimate of drug-likeness (QED) is 0.323. The molecule has 0 bridgehead atoms. The number of aromatic nitrogens is 3. The number of fused-ring (bicyclic) bond motifs is 1. The molecule has 32 heavy (non-hydrogen) atoms. The van der Waals surface area contributed by atoms with Gasteiger partial charge in [0.15, 0.2) is 0 Å². The number of carbonyl (C=O) groups is 1. The van der Waals surface area contributed by atoms with E-state index in [0.29, 0.717) is 49.9 Å². The fourth-order valence-corrected chi connectivity index (χ4v) is 4.28. The van der Waals surface area contributed by atoms with E-state index in [1.807, 2.05) is 29.7 Å². The van der Waals surface area contributed by atoms with Gasteiger partial charge in [-0.3, -0.25) is 9.78 Å². The van der Waals surface area contributed by atoms with Crippen LogP contribution in [-0.4, -0.2) is 20.4 Å². The highest BCUT2D eigenvalue weighted by Gasteiger charge is 2.23. The topological polar surface area (TPSA) is 59.8 Å². The predicted molar refractivity (Wildman–Crippen MR) is 130 cm³/mol. The lowest BCUT2D eigenvalue weighted by molar-refractivity contribution is -0.124. The molecule has 2 aromatic carbocycles. The van der Waals surface area contributed by atoms with E-state index in [-0.39, 0.29) is 5.91 Å². The molecule has 0 aliphatic carbocycles. The van der Waals surface area contributed by atoms with E-state index in [2.05, 4.69) is 10.3 Å². The number of nitrogens with one attached hydrogen (secondary N) is 1. The number of imidazole rings is 1. The van der Waals surface area contributed by atoms with Gasteiger partial charge >= 0.3 is 0 Å². The van der Waals surface area contributed by atoms with Crippen LogP contribution in [0.4, 0.5) is 0 Å².